The van der Waals surface area contributed by atoms with Gasteiger partial charge in [0, 0.05) is 17.4 Å². The molecular formula is C31H23Cl2N3O2S. The summed E-state index contributed by atoms with van der Waals surface area (Å²) in [5, 5.41) is 4.94. The maximum Gasteiger partial charge on any atom is 0.174 e. The molecule has 39 heavy (non-hydrogen) atoms. The number of hydrogen-bond donors (Lipinski definition) is 1. The predicted octanol–water partition coefficient (Wildman–Crippen LogP) is 8.93. The van der Waals surface area contributed by atoms with Gasteiger partial charge in [0.05, 0.1) is 21.8 Å². The monoisotopic (exact) mass is 571 g/mol. The number of thiocarbonyl (C=S) groups is 1. The molecule has 5 aromatic rings. The largest absolute Gasteiger partial charge is 0.459 e. The van der Waals surface area contributed by atoms with Crippen molar-refractivity contribution in [3.8, 4) is 22.8 Å². The zero-order valence-corrected chi connectivity index (χ0v) is 23.2. The number of furan rings is 1. The van der Waals surface area contributed by atoms with Crippen LogP contribution in [-0.4, -0.2) is 10.1 Å². The summed E-state index contributed by atoms with van der Waals surface area (Å²) in [6, 6.07) is 30.4. The molecule has 0 saturated carbocycles. The van der Waals surface area contributed by atoms with Gasteiger partial charge in [-0.15, -0.1) is 0 Å². The molecule has 0 spiro atoms. The minimum Gasteiger partial charge on any atom is -0.459 e. The number of halogens is 2. The molecule has 1 saturated heterocycles. The van der Waals surface area contributed by atoms with Crippen molar-refractivity contribution in [2.75, 3.05) is 4.90 Å². The van der Waals surface area contributed by atoms with Crippen molar-refractivity contribution in [3.05, 3.63) is 130 Å². The van der Waals surface area contributed by atoms with Gasteiger partial charge in [-0.25, -0.2) is 0 Å². The summed E-state index contributed by atoms with van der Waals surface area (Å²) in [4.78, 5) is 6.66. The van der Waals surface area contributed by atoms with Crippen molar-refractivity contribution in [3.63, 3.8) is 0 Å². The Morgan fingerprint density at radius 1 is 0.897 bits per heavy atom. The topological polar surface area (TPSA) is 50.5 Å². The molecule has 0 bridgehead atoms. The van der Waals surface area contributed by atoms with E-state index >= 15 is 0 Å². The fraction of sp³-hybridized carbons (Fsp3) is 0.0968. The normalized spacial score (nSPS) is 16.8. The quantitative estimate of drug-likeness (QED) is 0.205. The first kappa shape index (κ1) is 25.4. The van der Waals surface area contributed by atoms with Crippen LogP contribution < -0.4 is 15.0 Å². The lowest BCUT2D eigenvalue weighted by molar-refractivity contribution is 0.439. The Bertz CT molecular complexity index is 1640. The van der Waals surface area contributed by atoms with Crippen LogP contribution in [0.2, 0.25) is 10.0 Å². The molecule has 3 heterocycles. The van der Waals surface area contributed by atoms with Crippen molar-refractivity contribution in [2.45, 2.75) is 19.0 Å². The summed E-state index contributed by atoms with van der Waals surface area (Å²) in [5.74, 6) is 2.89. The van der Waals surface area contributed by atoms with Gasteiger partial charge in [0.1, 0.15) is 29.1 Å². The molecule has 1 aliphatic heterocycles. The van der Waals surface area contributed by atoms with Gasteiger partial charge in [0.25, 0.3) is 0 Å². The number of aryl methyl sites for hydroxylation is 1. The number of pyridine rings is 1. The van der Waals surface area contributed by atoms with E-state index in [0.717, 1.165) is 34.0 Å². The fourth-order valence-corrected chi connectivity index (χ4v) is 5.48. The number of rotatable bonds is 6. The predicted molar refractivity (Wildman–Crippen MR) is 160 cm³/mol. The number of ether oxygens (including phenoxy) is 1. The molecular weight excluding hydrogens is 549 g/mol. The molecule has 2 atom stereocenters. The second-order valence-electron chi connectivity index (χ2n) is 9.16. The van der Waals surface area contributed by atoms with Crippen LogP contribution >= 0.6 is 35.4 Å². The highest BCUT2D eigenvalue weighted by atomic mass is 35.5. The van der Waals surface area contributed by atoms with Gasteiger partial charge in [0.2, 0.25) is 0 Å². The SMILES string of the molecule is Cc1ccccc1Oc1ccc(N2C(=S)NC(c3ccccn3)C2c2ccc(-c3cccc(Cl)c3Cl)o2)cc1. The van der Waals surface area contributed by atoms with E-state index in [-0.39, 0.29) is 12.1 Å². The molecule has 5 nitrogen and oxygen atoms in total. The van der Waals surface area contributed by atoms with E-state index in [2.05, 4.69) is 15.2 Å². The number of para-hydroxylation sites is 1. The minimum absolute atomic E-state index is 0.240. The van der Waals surface area contributed by atoms with Crippen LogP contribution in [-0.2, 0) is 0 Å². The van der Waals surface area contributed by atoms with Crippen LogP contribution in [0.25, 0.3) is 11.3 Å². The Kier molecular flexibility index (Phi) is 7.00. The number of aromatic nitrogens is 1. The molecule has 6 rings (SSSR count). The van der Waals surface area contributed by atoms with E-state index in [9.17, 15) is 0 Å². The fourth-order valence-electron chi connectivity index (χ4n) is 4.75. The van der Waals surface area contributed by atoms with Gasteiger partial charge in [-0.3, -0.25) is 4.98 Å². The molecule has 1 N–H and O–H groups in total. The van der Waals surface area contributed by atoms with Crippen LogP contribution in [0.5, 0.6) is 11.5 Å². The molecule has 2 aromatic heterocycles. The van der Waals surface area contributed by atoms with Crippen molar-refractivity contribution < 1.29 is 9.15 Å². The first-order valence-electron chi connectivity index (χ1n) is 12.4. The molecule has 8 heteroatoms. The lowest BCUT2D eigenvalue weighted by Crippen LogP contribution is -2.29. The molecule has 0 radical (unpaired) electrons. The van der Waals surface area contributed by atoms with Gasteiger partial charge in [0.15, 0.2) is 5.11 Å². The summed E-state index contributed by atoms with van der Waals surface area (Å²) in [6.45, 7) is 2.02. The molecule has 0 aliphatic carbocycles. The molecule has 2 unspecified atom stereocenters. The Morgan fingerprint density at radius 2 is 1.69 bits per heavy atom. The molecule has 1 fully saturated rings. The smallest absolute Gasteiger partial charge is 0.174 e. The van der Waals surface area contributed by atoms with Gasteiger partial charge in [-0.2, -0.15) is 0 Å². The van der Waals surface area contributed by atoms with E-state index in [4.69, 9.17) is 44.6 Å². The van der Waals surface area contributed by atoms with Crippen LogP contribution in [0, 0.1) is 6.92 Å². The summed E-state index contributed by atoms with van der Waals surface area (Å²) in [5.41, 5.74) is 3.54. The van der Waals surface area contributed by atoms with Gasteiger partial charge < -0.3 is 19.4 Å². The number of nitrogens with one attached hydrogen (secondary N) is 1. The van der Waals surface area contributed by atoms with E-state index in [1.807, 2.05) is 97.9 Å². The Hall–Kier alpha value is -3.84. The lowest BCUT2D eigenvalue weighted by atomic mass is 10.0. The number of hydrogen-bond acceptors (Lipinski definition) is 4. The zero-order valence-electron chi connectivity index (χ0n) is 20.8. The van der Waals surface area contributed by atoms with Crippen molar-refractivity contribution in [2.24, 2.45) is 0 Å². The zero-order chi connectivity index (χ0) is 26.9. The molecule has 0 amide bonds. The van der Waals surface area contributed by atoms with Crippen molar-refractivity contribution in [1.29, 1.82) is 0 Å². The molecule has 3 aromatic carbocycles. The van der Waals surface area contributed by atoms with Crippen LogP contribution in [0.1, 0.15) is 29.1 Å². The summed E-state index contributed by atoms with van der Waals surface area (Å²) in [7, 11) is 0. The van der Waals surface area contributed by atoms with Crippen molar-refractivity contribution in [1.82, 2.24) is 10.3 Å². The lowest BCUT2D eigenvalue weighted by Gasteiger charge is -2.26. The third-order valence-corrected chi connectivity index (χ3v) is 7.80. The first-order chi connectivity index (χ1) is 19.0. The highest BCUT2D eigenvalue weighted by Crippen LogP contribution is 2.44. The average molecular weight is 573 g/mol. The number of anilines is 1. The molecule has 1 aliphatic rings. The Balaban J connectivity index is 1.37. The maximum absolute atomic E-state index is 6.49. The van der Waals surface area contributed by atoms with E-state index in [0.29, 0.717) is 26.7 Å². The van der Waals surface area contributed by atoms with E-state index in [1.54, 1.807) is 12.3 Å². The second-order valence-corrected chi connectivity index (χ2v) is 10.3. The van der Waals surface area contributed by atoms with Crippen LogP contribution in [0.15, 0.2) is 108 Å². The van der Waals surface area contributed by atoms with E-state index in [1.165, 1.54) is 0 Å². The Morgan fingerprint density at radius 3 is 2.46 bits per heavy atom. The highest BCUT2D eigenvalue weighted by molar-refractivity contribution is 7.80. The van der Waals surface area contributed by atoms with Crippen molar-refractivity contribution >= 4 is 46.2 Å². The maximum atomic E-state index is 6.49. The standard InChI is InChI=1S/C31H23Cl2N3O2S/c1-19-7-2-3-11-25(19)37-21-14-12-20(13-15-21)36-30(29(35-31(36)39)24-10-4-5-18-34-24)27-17-16-26(38-27)22-8-6-9-23(32)28(22)33/h2-18,29-30H,1H3,(H,35,39). The number of benzene rings is 3. The third kappa shape index (κ3) is 4.99. The highest BCUT2D eigenvalue weighted by Gasteiger charge is 2.42. The third-order valence-electron chi connectivity index (χ3n) is 6.67. The second kappa shape index (κ2) is 10.7. The van der Waals surface area contributed by atoms with Gasteiger partial charge in [-0.1, -0.05) is 53.5 Å². The van der Waals surface area contributed by atoms with Crippen LogP contribution in [0.4, 0.5) is 5.69 Å². The summed E-state index contributed by atoms with van der Waals surface area (Å²) in [6.07, 6.45) is 1.77. The minimum atomic E-state index is -0.303. The van der Waals surface area contributed by atoms with Gasteiger partial charge in [-0.05, 0) is 91.4 Å². The van der Waals surface area contributed by atoms with E-state index < -0.39 is 0 Å². The average Bonchev–Trinajstić information content (AvgIpc) is 3.57. The summed E-state index contributed by atoms with van der Waals surface area (Å²) >= 11 is 18.6. The first-order valence-corrected chi connectivity index (χ1v) is 13.5. The van der Waals surface area contributed by atoms with Crippen LogP contribution in [0.3, 0.4) is 0 Å². The number of nitrogens with zero attached hydrogens (tertiary/aromatic N) is 2. The summed E-state index contributed by atoms with van der Waals surface area (Å²) < 4.78 is 12.5. The Labute approximate surface area is 242 Å². The van der Waals surface area contributed by atoms with Gasteiger partial charge >= 0.3 is 0 Å². The molecule has 194 valence electrons.